The predicted octanol–water partition coefficient (Wildman–Crippen LogP) is 2.00. The van der Waals surface area contributed by atoms with Crippen molar-refractivity contribution >= 4 is 22.4 Å². The number of sulfonamides is 1. The van der Waals surface area contributed by atoms with E-state index in [9.17, 15) is 21.6 Å². The van der Waals surface area contributed by atoms with Crippen LogP contribution in [0, 0.1) is 5.92 Å². The van der Waals surface area contributed by atoms with Crippen LogP contribution in [0.2, 0.25) is 0 Å². The molecule has 20 heavy (non-hydrogen) atoms. The van der Waals surface area contributed by atoms with Crippen molar-refractivity contribution < 1.29 is 21.6 Å². The molecular formula is C11H16ClF3N2O2S. The first-order valence-electron chi connectivity index (χ1n) is 5.54. The van der Waals surface area contributed by atoms with E-state index in [0.717, 1.165) is 18.2 Å². The molecule has 0 spiro atoms. The summed E-state index contributed by atoms with van der Waals surface area (Å²) in [4.78, 5) is -0.411. The average Bonchev–Trinajstić information content (AvgIpc) is 2.35. The van der Waals surface area contributed by atoms with Crippen LogP contribution in [0.25, 0.3) is 0 Å². The highest BCUT2D eigenvalue weighted by atomic mass is 35.5. The standard InChI is InChI=1S/C11H15F3N2O2S.ClH/c1-8(6-15)7-16-19(17,18)10-4-2-3-9(5-10)11(12,13)14;/h2-5,8,16H,6-7,15H2,1H3;1H. The van der Waals surface area contributed by atoms with E-state index < -0.39 is 26.7 Å². The van der Waals surface area contributed by atoms with Gasteiger partial charge in [-0.15, -0.1) is 12.4 Å². The lowest BCUT2D eigenvalue weighted by Crippen LogP contribution is -2.31. The fourth-order valence-corrected chi connectivity index (χ4v) is 2.47. The molecule has 0 saturated carbocycles. The maximum absolute atomic E-state index is 12.5. The van der Waals surface area contributed by atoms with Crippen LogP contribution in [0.4, 0.5) is 13.2 Å². The molecule has 1 rings (SSSR count). The molecule has 9 heteroatoms. The summed E-state index contributed by atoms with van der Waals surface area (Å²) in [6.45, 7) is 2.09. The third-order valence-corrected chi connectivity index (χ3v) is 3.92. The Balaban J connectivity index is 0.00000361. The molecule has 3 N–H and O–H groups in total. The predicted molar refractivity (Wildman–Crippen MR) is 72.1 cm³/mol. The van der Waals surface area contributed by atoms with Gasteiger partial charge in [-0.1, -0.05) is 13.0 Å². The van der Waals surface area contributed by atoms with Gasteiger partial charge in [0.2, 0.25) is 10.0 Å². The van der Waals surface area contributed by atoms with Gasteiger partial charge >= 0.3 is 6.18 Å². The first-order chi connectivity index (χ1) is 8.66. The largest absolute Gasteiger partial charge is 0.416 e. The number of halogens is 4. The summed E-state index contributed by atoms with van der Waals surface area (Å²) in [5, 5.41) is 0. The summed E-state index contributed by atoms with van der Waals surface area (Å²) in [5.74, 6) is -0.0967. The van der Waals surface area contributed by atoms with Gasteiger partial charge in [0.1, 0.15) is 0 Å². The molecule has 1 unspecified atom stereocenters. The summed E-state index contributed by atoms with van der Waals surface area (Å²) in [6, 6.07) is 3.60. The second-order valence-electron chi connectivity index (χ2n) is 4.22. The first kappa shape index (κ1) is 19.2. The molecule has 0 radical (unpaired) electrons. The number of nitrogens with one attached hydrogen (secondary N) is 1. The van der Waals surface area contributed by atoms with Gasteiger partial charge in [0.05, 0.1) is 10.5 Å². The van der Waals surface area contributed by atoms with Gasteiger partial charge in [-0.05, 0) is 30.7 Å². The summed E-state index contributed by atoms with van der Waals surface area (Å²) in [6.07, 6.45) is -4.57. The molecule has 1 aromatic carbocycles. The summed E-state index contributed by atoms with van der Waals surface area (Å²) < 4.78 is 63.3. The van der Waals surface area contributed by atoms with Crippen LogP contribution >= 0.6 is 12.4 Å². The minimum absolute atomic E-state index is 0. The highest BCUT2D eigenvalue weighted by Gasteiger charge is 2.31. The van der Waals surface area contributed by atoms with Crippen molar-refractivity contribution in [1.29, 1.82) is 0 Å². The molecule has 0 aliphatic rings. The van der Waals surface area contributed by atoms with E-state index in [1.807, 2.05) is 0 Å². The maximum atomic E-state index is 12.5. The molecule has 116 valence electrons. The maximum Gasteiger partial charge on any atom is 0.416 e. The quantitative estimate of drug-likeness (QED) is 0.866. The van der Waals surface area contributed by atoms with Crippen LogP contribution in [0.5, 0.6) is 0 Å². The third kappa shape index (κ3) is 5.28. The lowest BCUT2D eigenvalue weighted by molar-refractivity contribution is -0.137. The Kier molecular flexibility index (Phi) is 6.96. The van der Waals surface area contributed by atoms with Gasteiger partial charge in [0.15, 0.2) is 0 Å². The Bertz CT molecular complexity index is 535. The van der Waals surface area contributed by atoms with Crippen LogP contribution in [-0.4, -0.2) is 21.5 Å². The van der Waals surface area contributed by atoms with Crippen molar-refractivity contribution in [1.82, 2.24) is 4.72 Å². The molecule has 0 heterocycles. The molecular weight excluding hydrogens is 317 g/mol. The van der Waals surface area contributed by atoms with Gasteiger partial charge in [0.25, 0.3) is 0 Å². The molecule has 4 nitrogen and oxygen atoms in total. The number of hydrogen-bond donors (Lipinski definition) is 2. The zero-order chi connectivity index (χ0) is 14.7. The van der Waals surface area contributed by atoms with E-state index in [-0.39, 0.29) is 31.4 Å². The molecule has 1 atom stereocenters. The van der Waals surface area contributed by atoms with E-state index in [1.54, 1.807) is 6.92 Å². The molecule has 0 aromatic heterocycles. The zero-order valence-corrected chi connectivity index (χ0v) is 12.3. The molecule has 0 saturated heterocycles. The van der Waals surface area contributed by atoms with Gasteiger partial charge in [-0.2, -0.15) is 13.2 Å². The summed E-state index contributed by atoms with van der Waals surface area (Å²) in [5.41, 5.74) is 4.34. The van der Waals surface area contributed by atoms with Gasteiger partial charge in [-0.25, -0.2) is 13.1 Å². The third-order valence-electron chi connectivity index (χ3n) is 2.50. The smallest absolute Gasteiger partial charge is 0.330 e. The van der Waals surface area contributed by atoms with Crippen LogP contribution in [0.15, 0.2) is 29.2 Å². The lowest BCUT2D eigenvalue weighted by atomic mass is 10.2. The number of rotatable bonds is 5. The number of alkyl halides is 3. The molecule has 0 aliphatic heterocycles. The minimum atomic E-state index is -4.57. The van der Waals surface area contributed by atoms with Crippen molar-refractivity contribution in [3.05, 3.63) is 29.8 Å². The first-order valence-corrected chi connectivity index (χ1v) is 7.02. The summed E-state index contributed by atoms with van der Waals surface area (Å²) >= 11 is 0. The fourth-order valence-electron chi connectivity index (χ4n) is 1.26. The molecule has 0 amide bonds. The van der Waals surface area contributed by atoms with Crippen molar-refractivity contribution in [2.24, 2.45) is 11.7 Å². The second-order valence-corrected chi connectivity index (χ2v) is 5.99. The Morgan fingerprint density at radius 2 is 1.95 bits per heavy atom. The van der Waals surface area contributed by atoms with Crippen molar-refractivity contribution in [2.75, 3.05) is 13.1 Å². The van der Waals surface area contributed by atoms with E-state index in [0.29, 0.717) is 6.07 Å². The van der Waals surface area contributed by atoms with Crippen LogP contribution in [0.3, 0.4) is 0 Å². The van der Waals surface area contributed by atoms with Crippen LogP contribution in [0.1, 0.15) is 12.5 Å². The van der Waals surface area contributed by atoms with Crippen molar-refractivity contribution in [3.63, 3.8) is 0 Å². The van der Waals surface area contributed by atoms with Crippen LogP contribution in [-0.2, 0) is 16.2 Å². The van der Waals surface area contributed by atoms with Crippen molar-refractivity contribution in [2.45, 2.75) is 18.0 Å². The molecule has 1 aromatic rings. The minimum Gasteiger partial charge on any atom is -0.330 e. The van der Waals surface area contributed by atoms with E-state index in [2.05, 4.69) is 4.72 Å². The lowest BCUT2D eigenvalue weighted by Gasteiger charge is -2.12. The van der Waals surface area contributed by atoms with E-state index in [1.165, 1.54) is 0 Å². The zero-order valence-electron chi connectivity index (χ0n) is 10.6. The highest BCUT2D eigenvalue weighted by molar-refractivity contribution is 7.89. The van der Waals surface area contributed by atoms with Crippen LogP contribution < -0.4 is 10.5 Å². The monoisotopic (exact) mass is 332 g/mol. The Labute approximate surface area is 122 Å². The molecule has 0 fully saturated rings. The summed E-state index contributed by atoms with van der Waals surface area (Å²) in [7, 11) is -3.95. The topological polar surface area (TPSA) is 72.2 Å². The number of hydrogen-bond acceptors (Lipinski definition) is 3. The van der Waals surface area contributed by atoms with E-state index in [4.69, 9.17) is 5.73 Å². The normalized spacial score (nSPS) is 13.7. The van der Waals surface area contributed by atoms with Gasteiger partial charge in [-0.3, -0.25) is 0 Å². The number of benzene rings is 1. The van der Waals surface area contributed by atoms with Crippen molar-refractivity contribution in [3.8, 4) is 0 Å². The highest BCUT2D eigenvalue weighted by Crippen LogP contribution is 2.30. The van der Waals surface area contributed by atoms with E-state index >= 15 is 0 Å². The van der Waals surface area contributed by atoms with Gasteiger partial charge in [0, 0.05) is 6.54 Å². The Morgan fingerprint density at radius 3 is 2.45 bits per heavy atom. The van der Waals surface area contributed by atoms with Gasteiger partial charge < -0.3 is 5.73 Å². The SMILES string of the molecule is CC(CN)CNS(=O)(=O)c1cccc(C(F)(F)F)c1.Cl. The average molecular weight is 333 g/mol. The fraction of sp³-hybridized carbons (Fsp3) is 0.455. The number of nitrogens with two attached hydrogens (primary N) is 1. The molecule has 0 bridgehead atoms. The Morgan fingerprint density at radius 1 is 1.35 bits per heavy atom. The second kappa shape index (κ2) is 7.26. The Hall–Kier alpha value is -0.830. The molecule has 0 aliphatic carbocycles.